The molecule has 1 N–H and O–H groups in total. The fourth-order valence-electron chi connectivity index (χ4n) is 1.11. The number of carbonyl (C=O) groups excluding carboxylic acids is 2. The van der Waals surface area contributed by atoms with E-state index in [2.05, 4.69) is 14.7 Å². The molecule has 6 nitrogen and oxygen atoms in total. The zero-order chi connectivity index (χ0) is 12.1. The van der Waals surface area contributed by atoms with Crippen LogP contribution in [0.25, 0.3) is 4.98 Å². The topological polar surface area (TPSA) is 87.3 Å². The number of aromatic nitrogens is 1. The molecule has 16 heavy (non-hydrogen) atoms. The van der Waals surface area contributed by atoms with Crippen molar-refractivity contribution in [3.8, 4) is 0 Å². The first-order valence-electron chi connectivity index (χ1n) is 4.49. The van der Waals surface area contributed by atoms with Crippen LogP contribution in [-0.4, -0.2) is 29.4 Å². The fourth-order valence-corrected chi connectivity index (χ4v) is 1.33. The van der Waals surface area contributed by atoms with E-state index in [1.807, 2.05) is 0 Å². The molecule has 84 valence electrons. The molecule has 0 saturated heterocycles. The van der Waals surface area contributed by atoms with Crippen LogP contribution in [0.3, 0.4) is 0 Å². The monoisotopic (exact) mass is 242 g/mol. The standard InChI is InChI=1S/C9H8ClN3O3/c1-2-16-9(15)6(13-11)7(14)5-3-4-12-8(5)10/h3-4,6H,2H2,1H3/p+1. The van der Waals surface area contributed by atoms with Gasteiger partial charge >= 0.3 is 12.0 Å². The summed E-state index contributed by atoms with van der Waals surface area (Å²) in [4.78, 5) is 28.3. The molecule has 0 aliphatic carbocycles. The number of H-pyrrole nitrogens is 1. The summed E-state index contributed by atoms with van der Waals surface area (Å²) in [5, 5.41) is 8.72. The molecule has 1 rings (SSSR count). The van der Waals surface area contributed by atoms with Gasteiger partial charge in [0.1, 0.15) is 10.1 Å². The largest absolute Gasteiger partial charge is 0.469 e. The number of hydrogen-bond donors (Lipinski definition) is 1. The molecule has 1 unspecified atom stereocenters. The minimum absolute atomic E-state index is 0.0810. The summed E-state index contributed by atoms with van der Waals surface area (Å²) in [5.41, 5.74) is 0.0810. The summed E-state index contributed by atoms with van der Waals surface area (Å²) in [6, 6.07) is -0.199. The minimum Gasteiger partial charge on any atom is -0.460 e. The molecule has 1 atom stereocenters. The van der Waals surface area contributed by atoms with Crippen LogP contribution in [0, 0.1) is 5.39 Å². The molecule has 1 aromatic heterocycles. The van der Waals surface area contributed by atoms with E-state index in [4.69, 9.17) is 17.0 Å². The Morgan fingerprint density at radius 1 is 1.69 bits per heavy atom. The first kappa shape index (κ1) is 12.2. The van der Waals surface area contributed by atoms with Crippen molar-refractivity contribution in [3.63, 3.8) is 0 Å². The number of diazo groups is 1. The summed E-state index contributed by atoms with van der Waals surface area (Å²) in [6.07, 6.45) is 1.44. The normalized spacial score (nSPS) is 11.6. The molecule has 0 amide bonds. The van der Waals surface area contributed by atoms with Crippen molar-refractivity contribution in [3.05, 3.63) is 28.0 Å². The van der Waals surface area contributed by atoms with Gasteiger partial charge in [0.25, 0.3) is 5.78 Å². The van der Waals surface area contributed by atoms with Gasteiger partial charge in [-0.2, -0.15) is 0 Å². The molecular formula is C9H9ClN3O3+. The molecular weight excluding hydrogens is 234 g/mol. The van der Waals surface area contributed by atoms with Gasteiger partial charge in [0.05, 0.1) is 12.2 Å². The SMILES string of the molecule is CCOC(=O)C([N+]#N)C(=O)c1cc[nH]c1Cl. The van der Waals surface area contributed by atoms with Crippen LogP contribution >= 0.6 is 11.6 Å². The van der Waals surface area contributed by atoms with E-state index >= 15 is 0 Å². The molecule has 1 heterocycles. The maximum atomic E-state index is 11.7. The smallest absolute Gasteiger partial charge is 0.460 e. The number of hydrogen-bond acceptors (Lipinski definition) is 4. The van der Waals surface area contributed by atoms with Crippen LogP contribution in [0.5, 0.6) is 0 Å². The zero-order valence-electron chi connectivity index (χ0n) is 8.44. The maximum absolute atomic E-state index is 11.7. The number of Topliss-reactive ketones (excluding diaryl/α,β-unsaturated/α-hetero) is 1. The van der Waals surface area contributed by atoms with Gasteiger partial charge in [0.15, 0.2) is 0 Å². The zero-order valence-corrected chi connectivity index (χ0v) is 9.19. The highest BCUT2D eigenvalue weighted by molar-refractivity contribution is 6.34. The van der Waals surface area contributed by atoms with Crippen LogP contribution in [0.1, 0.15) is 17.3 Å². The number of nitrogens with one attached hydrogen (secondary N) is 1. The molecule has 1 aromatic rings. The molecule has 0 aromatic carbocycles. The Hall–Kier alpha value is -1.87. The van der Waals surface area contributed by atoms with E-state index in [0.29, 0.717) is 0 Å². The number of carbonyl (C=O) groups is 2. The lowest BCUT2D eigenvalue weighted by Gasteiger charge is -1.98. The third-order valence-electron chi connectivity index (χ3n) is 1.84. The van der Waals surface area contributed by atoms with Gasteiger partial charge in [-0.25, -0.2) is 4.79 Å². The van der Waals surface area contributed by atoms with Crippen molar-refractivity contribution >= 4 is 23.4 Å². The molecule has 0 aliphatic rings. The number of ether oxygens (including phenoxy) is 1. The summed E-state index contributed by atoms with van der Waals surface area (Å²) >= 11 is 5.67. The van der Waals surface area contributed by atoms with Gasteiger partial charge in [-0.1, -0.05) is 11.6 Å². The van der Waals surface area contributed by atoms with Gasteiger partial charge in [0, 0.05) is 6.20 Å². The van der Waals surface area contributed by atoms with Crippen LogP contribution < -0.4 is 0 Å². The summed E-state index contributed by atoms with van der Waals surface area (Å²) in [6.45, 7) is 1.68. The van der Waals surface area contributed by atoms with Gasteiger partial charge in [-0.3, -0.25) is 4.79 Å². The van der Waals surface area contributed by atoms with E-state index in [1.54, 1.807) is 6.92 Å². The second kappa shape index (κ2) is 5.28. The Morgan fingerprint density at radius 2 is 2.38 bits per heavy atom. The summed E-state index contributed by atoms with van der Waals surface area (Å²) < 4.78 is 4.59. The van der Waals surface area contributed by atoms with Gasteiger partial charge in [0.2, 0.25) is 5.39 Å². The maximum Gasteiger partial charge on any atom is 0.469 e. The molecule has 0 radical (unpaired) electrons. The van der Waals surface area contributed by atoms with E-state index in [-0.39, 0.29) is 17.3 Å². The van der Waals surface area contributed by atoms with Crippen molar-refractivity contribution in [1.29, 1.82) is 5.39 Å². The van der Waals surface area contributed by atoms with Gasteiger partial charge in [-0.15, -0.1) is 0 Å². The third-order valence-corrected chi connectivity index (χ3v) is 2.15. The molecule has 0 bridgehead atoms. The van der Waals surface area contributed by atoms with Crippen LogP contribution in [0.2, 0.25) is 5.15 Å². The average Bonchev–Trinajstić information content (AvgIpc) is 2.65. The Bertz CT molecular complexity index is 449. The average molecular weight is 243 g/mol. The molecule has 0 saturated carbocycles. The predicted molar refractivity (Wildman–Crippen MR) is 55.6 cm³/mol. The Kier molecular flexibility index (Phi) is 4.03. The van der Waals surface area contributed by atoms with Crippen molar-refractivity contribution in [1.82, 2.24) is 4.98 Å². The van der Waals surface area contributed by atoms with Gasteiger partial charge in [-0.05, 0) is 13.0 Å². The van der Waals surface area contributed by atoms with Crippen molar-refractivity contribution in [2.75, 3.05) is 6.61 Å². The first-order chi connectivity index (χ1) is 7.61. The van der Waals surface area contributed by atoms with Crippen LogP contribution in [0.15, 0.2) is 12.3 Å². The quantitative estimate of drug-likeness (QED) is 0.376. The van der Waals surface area contributed by atoms with Crippen molar-refractivity contribution in [2.45, 2.75) is 13.0 Å². The van der Waals surface area contributed by atoms with Crippen LogP contribution in [0.4, 0.5) is 0 Å². The van der Waals surface area contributed by atoms with Crippen molar-refractivity contribution in [2.24, 2.45) is 0 Å². The second-order valence-electron chi connectivity index (χ2n) is 2.84. The molecule has 0 fully saturated rings. The lowest BCUT2D eigenvalue weighted by Crippen LogP contribution is -2.29. The summed E-state index contributed by atoms with van der Waals surface area (Å²) in [7, 11) is 0. The van der Waals surface area contributed by atoms with Gasteiger partial charge < -0.3 is 9.72 Å². The lowest BCUT2D eigenvalue weighted by molar-refractivity contribution is -0.142. The van der Waals surface area contributed by atoms with E-state index in [0.717, 1.165) is 0 Å². The molecule has 0 aliphatic heterocycles. The van der Waals surface area contributed by atoms with Crippen molar-refractivity contribution < 1.29 is 14.3 Å². The van der Waals surface area contributed by atoms with E-state index < -0.39 is 17.8 Å². The van der Waals surface area contributed by atoms with Crippen LogP contribution in [-0.2, 0) is 9.53 Å². The highest BCUT2D eigenvalue weighted by atomic mass is 35.5. The molecule has 7 heteroatoms. The number of ketones is 1. The highest BCUT2D eigenvalue weighted by Gasteiger charge is 2.42. The Balaban J connectivity index is 2.92. The Labute approximate surface area is 96.2 Å². The second-order valence-corrected chi connectivity index (χ2v) is 3.22. The third kappa shape index (κ3) is 2.38. The number of esters is 1. The molecule has 0 spiro atoms. The van der Waals surface area contributed by atoms with E-state index in [1.165, 1.54) is 12.3 Å². The number of nitrogens with zero attached hydrogens (tertiary/aromatic N) is 2. The minimum atomic E-state index is -1.59. The number of halogens is 1. The van der Waals surface area contributed by atoms with E-state index in [9.17, 15) is 9.59 Å². The summed E-state index contributed by atoms with van der Waals surface area (Å²) in [5.74, 6) is -1.63. The highest BCUT2D eigenvalue weighted by Crippen LogP contribution is 2.16. The predicted octanol–water partition coefficient (Wildman–Crippen LogP) is 1.64. The lowest BCUT2D eigenvalue weighted by atomic mass is 10.1. The number of rotatable bonds is 4. The number of aromatic amines is 1. The first-order valence-corrected chi connectivity index (χ1v) is 4.87. The Morgan fingerprint density at radius 3 is 2.81 bits per heavy atom. The fraction of sp³-hybridized carbons (Fsp3) is 0.333.